The smallest absolute Gasteiger partial charge is 0.250 e. The normalized spacial score (nSPS) is 25.5. The van der Waals surface area contributed by atoms with E-state index < -0.39 is 23.7 Å². The van der Waals surface area contributed by atoms with Crippen molar-refractivity contribution in [3.8, 4) is 0 Å². The molecular weight excluding hydrogens is 278 g/mol. The second kappa shape index (κ2) is 5.09. The fraction of sp³-hybridized carbons (Fsp3) is 0.467. The average molecular weight is 294 g/mol. The first-order valence-electron chi connectivity index (χ1n) is 7.12. The zero-order valence-corrected chi connectivity index (χ0v) is 11.7. The predicted molar refractivity (Wildman–Crippen MR) is 72.7 cm³/mol. The van der Waals surface area contributed by atoms with Crippen molar-refractivity contribution in [3.63, 3.8) is 0 Å². The van der Waals surface area contributed by atoms with E-state index in [9.17, 15) is 18.4 Å². The summed E-state index contributed by atoms with van der Waals surface area (Å²) in [5.41, 5.74) is 0.115. The molecule has 21 heavy (non-hydrogen) atoms. The Morgan fingerprint density at radius 1 is 1.14 bits per heavy atom. The van der Waals surface area contributed by atoms with E-state index in [1.807, 2.05) is 0 Å². The molecule has 112 valence electrons. The van der Waals surface area contributed by atoms with Crippen LogP contribution in [0.15, 0.2) is 18.2 Å². The maximum Gasteiger partial charge on any atom is 0.250 e. The summed E-state index contributed by atoms with van der Waals surface area (Å²) in [4.78, 5) is 28.0. The number of carbonyl (C=O) groups excluding carboxylic acids is 2. The number of hydrogen-bond donors (Lipinski definition) is 0. The summed E-state index contributed by atoms with van der Waals surface area (Å²) in [6, 6.07) is 1.77. The molecule has 3 rings (SSSR count). The Morgan fingerprint density at radius 2 is 1.81 bits per heavy atom. The third kappa shape index (κ3) is 2.18. The first-order chi connectivity index (χ1) is 10.0. The van der Waals surface area contributed by atoms with E-state index in [4.69, 9.17) is 0 Å². The minimum atomic E-state index is -0.756. The third-order valence-corrected chi connectivity index (χ3v) is 4.17. The van der Waals surface area contributed by atoms with Crippen molar-refractivity contribution in [1.29, 1.82) is 0 Å². The Morgan fingerprint density at radius 3 is 2.43 bits per heavy atom. The highest BCUT2D eigenvalue weighted by molar-refractivity contribution is 6.08. The van der Waals surface area contributed by atoms with Crippen molar-refractivity contribution >= 4 is 17.5 Å². The summed E-state index contributed by atoms with van der Waals surface area (Å²) in [6.45, 7) is 2.37. The van der Waals surface area contributed by atoms with Gasteiger partial charge in [-0.3, -0.25) is 14.5 Å². The molecule has 2 atom stereocenters. The van der Waals surface area contributed by atoms with Crippen LogP contribution in [0.1, 0.15) is 26.2 Å². The lowest BCUT2D eigenvalue weighted by molar-refractivity contribution is -0.144. The lowest BCUT2D eigenvalue weighted by Gasteiger charge is -2.42. The van der Waals surface area contributed by atoms with E-state index in [0.29, 0.717) is 19.4 Å². The first kappa shape index (κ1) is 14.0. The van der Waals surface area contributed by atoms with Gasteiger partial charge in [0.15, 0.2) is 0 Å². The molecule has 2 aliphatic heterocycles. The number of amides is 2. The summed E-state index contributed by atoms with van der Waals surface area (Å²) in [6.07, 6.45) is 1.80. The van der Waals surface area contributed by atoms with Gasteiger partial charge in [0.1, 0.15) is 23.7 Å². The van der Waals surface area contributed by atoms with Gasteiger partial charge >= 0.3 is 0 Å². The SMILES string of the molecule is CCC1C(=O)N2CCCC2C(=O)N1c1cc(F)cc(F)c1. The molecule has 4 nitrogen and oxygen atoms in total. The van der Waals surface area contributed by atoms with Gasteiger partial charge in [-0.2, -0.15) is 0 Å². The van der Waals surface area contributed by atoms with Crippen molar-refractivity contribution in [2.24, 2.45) is 0 Å². The van der Waals surface area contributed by atoms with Crippen molar-refractivity contribution in [2.75, 3.05) is 11.4 Å². The van der Waals surface area contributed by atoms with Crippen molar-refractivity contribution in [3.05, 3.63) is 29.8 Å². The number of carbonyl (C=O) groups is 2. The largest absolute Gasteiger partial charge is 0.329 e. The lowest BCUT2D eigenvalue weighted by Crippen LogP contribution is -2.63. The van der Waals surface area contributed by atoms with E-state index >= 15 is 0 Å². The molecule has 0 radical (unpaired) electrons. The van der Waals surface area contributed by atoms with Gasteiger partial charge in [-0.15, -0.1) is 0 Å². The van der Waals surface area contributed by atoms with Crippen LogP contribution in [-0.2, 0) is 9.59 Å². The molecule has 2 heterocycles. The summed E-state index contributed by atoms with van der Waals surface area (Å²) in [7, 11) is 0. The van der Waals surface area contributed by atoms with Crippen LogP contribution in [0.5, 0.6) is 0 Å². The Labute approximate surface area is 121 Å². The van der Waals surface area contributed by atoms with Crippen LogP contribution < -0.4 is 4.90 Å². The Hall–Kier alpha value is -1.98. The number of benzene rings is 1. The average Bonchev–Trinajstić information content (AvgIpc) is 2.91. The van der Waals surface area contributed by atoms with Crippen molar-refractivity contribution in [1.82, 2.24) is 4.90 Å². The van der Waals surface area contributed by atoms with Crippen LogP contribution in [-0.4, -0.2) is 35.3 Å². The highest BCUT2D eigenvalue weighted by Gasteiger charge is 2.47. The van der Waals surface area contributed by atoms with Gasteiger partial charge in [0, 0.05) is 12.6 Å². The topological polar surface area (TPSA) is 40.6 Å². The number of nitrogens with zero attached hydrogens (tertiary/aromatic N) is 2. The molecule has 0 N–H and O–H groups in total. The number of hydrogen-bond acceptors (Lipinski definition) is 2. The van der Waals surface area contributed by atoms with Gasteiger partial charge in [-0.25, -0.2) is 8.78 Å². The number of rotatable bonds is 2. The zero-order chi connectivity index (χ0) is 15.1. The fourth-order valence-electron chi connectivity index (χ4n) is 3.25. The maximum atomic E-state index is 13.4. The van der Waals surface area contributed by atoms with Gasteiger partial charge < -0.3 is 4.90 Å². The zero-order valence-electron chi connectivity index (χ0n) is 11.7. The first-order valence-corrected chi connectivity index (χ1v) is 7.12. The van der Waals surface area contributed by atoms with Gasteiger partial charge in [0.05, 0.1) is 5.69 Å². The van der Waals surface area contributed by atoms with Crippen LogP contribution in [0.2, 0.25) is 0 Å². The standard InChI is InChI=1S/C15H16F2N2O2/c1-2-12-14(20)18-5-3-4-13(18)15(21)19(12)11-7-9(16)6-10(17)8-11/h6-8,12-13H,2-5H2,1H3. The number of anilines is 1. The van der Waals surface area contributed by atoms with Crippen LogP contribution in [0.25, 0.3) is 0 Å². The van der Waals surface area contributed by atoms with Crippen LogP contribution in [0, 0.1) is 11.6 Å². The van der Waals surface area contributed by atoms with E-state index in [0.717, 1.165) is 24.6 Å². The third-order valence-electron chi connectivity index (χ3n) is 4.17. The van der Waals surface area contributed by atoms with E-state index in [2.05, 4.69) is 0 Å². The minimum Gasteiger partial charge on any atom is -0.329 e. The maximum absolute atomic E-state index is 13.4. The fourth-order valence-corrected chi connectivity index (χ4v) is 3.25. The van der Waals surface area contributed by atoms with Gasteiger partial charge in [-0.1, -0.05) is 6.92 Å². The molecule has 0 aromatic heterocycles. The number of halogens is 2. The second-order valence-electron chi connectivity index (χ2n) is 5.45. The molecule has 1 aromatic rings. The molecule has 2 unspecified atom stereocenters. The van der Waals surface area contributed by atoms with Gasteiger partial charge in [0.25, 0.3) is 5.91 Å². The summed E-state index contributed by atoms with van der Waals surface area (Å²) in [5, 5.41) is 0. The van der Waals surface area contributed by atoms with Gasteiger partial charge in [0.2, 0.25) is 5.91 Å². The summed E-state index contributed by atoms with van der Waals surface area (Å²) < 4.78 is 26.9. The van der Waals surface area contributed by atoms with E-state index in [1.165, 1.54) is 4.90 Å². The second-order valence-corrected chi connectivity index (χ2v) is 5.45. The van der Waals surface area contributed by atoms with Crippen LogP contribution in [0.4, 0.5) is 14.5 Å². The Balaban J connectivity index is 2.05. The quantitative estimate of drug-likeness (QED) is 0.838. The predicted octanol–water partition coefficient (Wildman–Crippen LogP) is 2.08. The van der Waals surface area contributed by atoms with Crippen molar-refractivity contribution in [2.45, 2.75) is 38.3 Å². The Kier molecular flexibility index (Phi) is 3.39. The van der Waals surface area contributed by atoms with Crippen LogP contribution >= 0.6 is 0 Å². The molecule has 0 bridgehead atoms. The Bertz CT molecular complexity index is 585. The molecule has 2 saturated heterocycles. The number of fused-ring (bicyclic) bond motifs is 1. The molecule has 2 aliphatic rings. The van der Waals surface area contributed by atoms with Gasteiger partial charge in [-0.05, 0) is 31.4 Å². The van der Waals surface area contributed by atoms with Crippen LogP contribution in [0.3, 0.4) is 0 Å². The summed E-state index contributed by atoms with van der Waals surface area (Å²) in [5.74, 6) is -1.89. The molecule has 2 fully saturated rings. The molecule has 0 aliphatic carbocycles. The van der Waals surface area contributed by atoms with E-state index in [1.54, 1.807) is 11.8 Å². The lowest BCUT2D eigenvalue weighted by atomic mass is 10.0. The van der Waals surface area contributed by atoms with E-state index in [-0.39, 0.29) is 17.5 Å². The molecule has 6 heteroatoms. The molecule has 0 spiro atoms. The highest BCUT2D eigenvalue weighted by Crippen LogP contribution is 2.32. The molecule has 0 saturated carbocycles. The number of piperazine rings is 1. The van der Waals surface area contributed by atoms with Crippen molar-refractivity contribution < 1.29 is 18.4 Å². The molecule has 1 aromatic carbocycles. The highest BCUT2D eigenvalue weighted by atomic mass is 19.1. The summed E-state index contributed by atoms with van der Waals surface area (Å²) >= 11 is 0. The molecular formula is C15H16F2N2O2. The minimum absolute atomic E-state index is 0.115. The molecule has 2 amide bonds. The monoisotopic (exact) mass is 294 g/mol.